The van der Waals surface area contributed by atoms with Crippen molar-refractivity contribution in [1.82, 2.24) is 14.9 Å². The van der Waals surface area contributed by atoms with Crippen LogP contribution in [0.15, 0.2) is 51.9 Å². The Morgan fingerprint density at radius 2 is 2.07 bits per heavy atom. The Kier molecular flexibility index (Phi) is 4.70. The van der Waals surface area contributed by atoms with E-state index >= 15 is 0 Å². The lowest BCUT2D eigenvalue weighted by Gasteiger charge is -2.07. The van der Waals surface area contributed by atoms with Crippen molar-refractivity contribution in [2.75, 3.05) is 11.9 Å². The second kappa shape index (κ2) is 7.17. The molecule has 0 radical (unpaired) electrons. The van der Waals surface area contributed by atoms with Gasteiger partial charge in [-0.15, -0.1) is 0 Å². The summed E-state index contributed by atoms with van der Waals surface area (Å²) in [5.74, 6) is 0.679. The van der Waals surface area contributed by atoms with E-state index in [2.05, 4.69) is 20.2 Å². The highest BCUT2D eigenvalue weighted by Gasteiger charge is 2.21. The summed E-state index contributed by atoms with van der Waals surface area (Å²) in [6.45, 7) is 2.09. The van der Waals surface area contributed by atoms with Gasteiger partial charge in [0.25, 0.3) is 0 Å². The van der Waals surface area contributed by atoms with E-state index in [0.29, 0.717) is 23.0 Å². The van der Waals surface area contributed by atoms with E-state index in [9.17, 15) is 13.2 Å². The molecule has 1 amide bonds. The Morgan fingerprint density at radius 3 is 2.89 bits per heavy atom. The van der Waals surface area contributed by atoms with Crippen LogP contribution in [0.3, 0.4) is 0 Å². The summed E-state index contributed by atoms with van der Waals surface area (Å²) in [6, 6.07) is 12.3. The van der Waals surface area contributed by atoms with Crippen molar-refractivity contribution >= 4 is 21.6 Å². The topological polar surface area (TPSA) is 114 Å². The van der Waals surface area contributed by atoms with Crippen molar-refractivity contribution in [2.45, 2.75) is 24.7 Å². The Morgan fingerprint density at radius 1 is 1.21 bits per heavy atom. The molecule has 4 rings (SSSR count). The SMILES string of the molecule is Cc1cccc(-c2noc(CCNS(=O)(=O)c3ccc4c(c3)CC(=O)N4)n2)c1. The largest absolute Gasteiger partial charge is 0.339 e. The minimum Gasteiger partial charge on any atom is -0.339 e. The zero-order chi connectivity index (χ0) is 19.7. The highest BCUT2D eigenvalue weighted by molar-refractivity contribution is 7.89. The second-order valence-electron chi connectivity index (χ2n) is 6.57. The molecule has 0 saturated carbocycles. The van der Waals surface area contributed by atoms with E-state index in [1.807, 2.05) is 31.2 Å². The molecule has 2 N–H and O–H groups in total. The van der Waals surface area contributed by atoms with Gasteiger partial charge in [-0.3, -0.25) is 4.79 Å². The molecule has 1 aliphatic rings. The van der Waals surface area contributed by atoms with Crippen LogP contribution in [-0.2, 0) is 27.7 Å². The standard InChI is InChI=1S/C19H18N4O4S/c1-12-3-2-4-13(9-12)19-22-18(27-23-19)7-8-20-28(25,26)15-5-6-16-14(10-15)11-17(24)21-16/h2-6,9-10,20H,7-8,11H2,1H3,(H,21,24). The number of fused-ring (bicyclic) bond motifs is 1. The fraction of sp³-hybridized carbons (Fsp3) is 0.211. The average molecular weight is 398 g/mol. The smallest absolute Gasteiger partial charge is 0.240 e. The van der Waals surface area contributed by atoms with Gasteiger partial charge in [0.15, 0.2) is 0 Å². The number of benzene rings is 2. The summed E-state index contributed by atoms with van der Waals surface area (Å²) >= 11 is 0. The number of sulfonamides is 1. The van der Waals surface area contributed by atoms with E-state index in [0.717, 1.165) is 11.1 Å². The molecule has 0 bridgehead atoms. The summed E-state index contributed by atoms with van der Waals surface area (Å²) in [5, 5.41) is 6.62. The lowest BCUT2D eigenvalue weighted by molar-refractivity contribution is -0.115. The minimum absolute atomic E-state index is 0.117. The second-order valence-corrected chi connectivity index (χ2v) is 8.34. The van der Waals surface area contributed by atoms with Crippen LogP contribution in [0.25, 0.3) is 11.4 Å². The Hall–Kier alpha value is -3.04. The van der Waals surface area contributed by atoms with Crippen LogP contribution in [0.4, 0.5) is 5.69 Å². The van der Waals surface area contributed by atoms with Gasteiger partial charge in [-0.25, -0.2) is 13.1 Å². The molecule has 0 fully saturated rings. The molecule has 9 heteroatoms. The van der Waals surface area contributed by atoms with E-state index in [1.165, 1.54) is 12.1 Å². The van der Waals surface area contributed by atoms with E-state index in [-0.39, 0.29) is 30.2 Å². The van der Waals surface area contributed by atoms with Crippen LogP contribution in [0.1, 0.15) is 17.0 Å². The number of nitrogens with one attached hydrogen (secondary N) is 2. The molecule has 0 saturated heterocycles. The molecule has 2 heterocycles. The Bertz CT molecular complexity index is 1150. The van der Waals surface area contributed by atoms with Crippen molar-refractivity contribution in [1.29, 1.82) is 0 Å². The van der Waals surface area contributed by atoms with Gasteiger partial charge in [0.2, 0.25) is 27.6 Å². The highest BCUT2D eigenvalue weighted by atomic mass is 32.2. The first kappa shape index (κ1) is 18.3. The van der Waals surface area contributed by atoms with Crippen LogP contribution in [0.5, 0.6) is 0 Å². The lowest BCUT2D eigenvalue weighted by atomic mass is 10.1. The zero-order valence-corrected chi connectivity index (χ0v) is 15.9. The number of amides is 1. The molecule has 0 aliphatic carbocycles. The lowest BCUT2D eigenvalue weighted by Crippen LogP contribution is -2.26. The monoisotopic (exact) mass is 398 g/mol. The van der Waals surface area contributed by atoms with Crippen LogP contribution < -0.4 is 10.0 Å². The third-order valence-electron chi connectivity index (χ3n) is 4.39. The number of rotatable bonds is 6. The highest BCUT2D eigenvalue weighted by Crippen LogP contribution is 2.25. The van der Waals surface area contributed by atoms with Gasteiger partial charge < -0.3 is 9.84 Å². The number of carbonyl (C=O) groups excluding carboxylic acids is 1. The predicted molar refractivity (Wildman–Crippen MR) is 102 cm³/mol. The van der Waals surface area contributed by atoms with Gasteiger partial charge in [0, 0.05) is 24.2 Å². The summed E-state index contributed by atoms with van der Waals surface area (Å²) in [4.78, 5) is 15.8. The summed E-state index contributed by atoms with van der Waals surface area (Å²) in [5.41, 5.74) is 3.26. The summed E-state index contributed by atoms with van der Waals surface area (Å²) in [6.07, 6.45) is 0.450. The first-order valence-corrected chi connectivity index (χ1v) is 10.2. The number of carbonyl (C=O) groups is 1. The fourth-order valence-corrected chi connectivity index (χ4v) is 4.09. The average Bonchev–Trinajstić information content (AvgIpc) is 3.26. The van der Waals surface area contributed by atoms with Gasteiger partial charge in [-0.2, -0.15) is 4.98 Å². The number of anilines is 1. The van der Waals surface area contributed by atoms with Crippen molar-refractivity contribution < 1.29 is 17.7 Å². The van der Waals surface area contributed by atoms with Crippen molar-refractivity contribution in [3.05, 3.63) is 59.5 Å². The molecule has 144 valence electrons. The van der Waals surface area contributed by atoms with E-state index < -0.39 is 10.0 Å². The van der Waals surface area contributed by atoms with E-state index in [1.54, 1.807) is 6.07 Å². The fourth-order valence-electron chi connectivity index (χ4n) is 3.01. The molecule has 0 spiro atoms. The first-order chi connectivity index (χ1) is 13.4. The third kappa shape index (κ3) is 3.80. The zero-order valence-electron chi connectivity index (χ0n) is 15.1. The maximum absolute atomic E-state index is 12.5. The number of aryl methyl sites for hydroxylation is 1. The predicted octanol–water partition coefficient (Wildman–Crippen LogP) is 2.06. The molecule has 0 unspecified atom stereocenters. The Balaban J connectivity index is 1.40. The van der Waals surface area contributed by atoms with E-state index in [4.69, 9.17) is 4.52 Å². The van der Waals surface area contributed by atoms with Crippen LogP contribution in [0, 0.1) is 6.92 Å². The molecule has 1 aliphatic heterocycles. The van der Waals surface area contributed by atoms with Crippen LogP contribution in [0.2, 0.25) is 0 Å². The normalized spacial score (nSPS) is 13.4. The van der Waals surface area contributed by atoms with Gasteiger partial charge >= 0.3 is 0 Å². The van der Waals surface area contributed by atoms with Crippen molar-refractivity contribution in [3.63, 3.8) is 0 Å². The number of aromatic nitrogens is 2. The molecular formula is C19H18N4O4S. The maximum Gasteiger partial charge on any atom is 0.240 e. The molecule has 28 heavy (non-hydrogen) atoms. The molecule has 8 nitrogen and oxygen atoms in total. The first-order valence-electron chi connectivity index (χ1n) is 8.73. The Labute approximate surface area is 162 Å². The molecular weight excluding hydrogens is 380 g/mol. The van der Waals surface area contributed by atoms with Crippen molar-refractivity contribution in [2.24, 2.45) is 0 Å². The molecule has 3 aromatic rings. The van der Waals surface area contributed by atoms with Crippen LogP contribution in [-0.4, -0.2) is 31.0 Å². The van der Waals surface area contributed by atoms with Gasteiger partial charge in [0.1, 0.15) is 0 Å². The van der Waals surface area contributed by atoms with Gasteiger partial charge in [-0.05, 0) is 36.8 Å². The maximum atomic E-state index is 12.5. The summed E-state index contributed by atoms with van der Waals surface area (Å²) in [7, 11) is -3.70. The molecule has 1 aromatic heterocycles. The minimum atomic E-state index is -3.70. The third-order valence-corrected chi connectivity index (χ3v) is 5.85. The van der Waals surface area contributed by atoms with Crippen LogP contribution >= 0.6 is 0 Å². The quantitative estimate of drug-likeness (QED) is 0.657. The van der Waals surface area contributed by atoms with Crippen molar-refractivity contribution in [3.8, 4) is 11.4 Å². The number of hydrogen-bond acceptors (Lipinski definition) is 6. The summed E-state index contributed by atoms with van der Waals surface area (Å²) < 4.78 is 32.7. The van der Waals surface area contributed by atoms with Gasteiger partial charge in [-0.1, -0.05) is 28.9 Å². The molecule has 0 atom stereocenters. The molecule has 2 aromatic carbocycles. The number of nitrogens with zero attached hydrogens (tertiary/aromatic N) is 2. The van der Waals surface area contributed by atoms with Gasteiger partial charge in [0.05, 0.1) is 11.3 Å². The number of hydrogen-bond donors (Lipinski definition) is 2.